The van der Waals surface area contributed by atoms with E-state index in [1.54, 1.807) is 0 Å². The Morgan fingerprint density at radius 3 is 2.78 bits per heavy atom. The Labute approximate surface area is 118 Å². The molecule has 0 amide bonds. The third-order valence-corrected chi connectivity index (χ3v) is 3.71. The Bertz CT molecular complexity index is 476. The van der Waals surface area contributed by atoms with Gasteiger partial charge in [-0.3, -0.25) is 0 Å². The van der Waals surface area contributed by atoms with Crippen LogP contribution in [0.5, 0.6) is 0 Å². The van der Waals surface area contributed by atoms with Gasteiger partial charge in [0.05, 0.1) is 23.8 Å². The van der Waals surface area contributed by atoms with Gasteiger partial charge in [-0.15, -0.1) is 0 Å². The highest BCUT2D eigenvalue weighted by atomic mass is 35.5. The summed E-state index contributed by atoms with van der Waals surface area (Å²) in [6.45, 7) is 6.61. The van der Waals surface area contributed by atoms with Crippen molar-refractivity contribution < 1.29 is 4.74 Å². The number of ether oxygens (including phenoxy) is 1. The molecule has 1 aliphatic rings. The van der Waals surface area contributed by atoms with Gasteiger partial charge in [0, 0.05) is 17.8 Å². The van der Waals surface area contributed by atoms with Crippen LogP contribution in [-0.4, -0.2) is 30.3 Å². The van der Waals surface area contributed by atoms with Crippen molar-refractivity contribution in [1.82, 2.24) is 0 Å². The summed E-state index contributed by atoms with van der Waals surface area (Å²) in [5.41, 5.74) is 7.38. The molecule has 0 aliphatic carbocycles. The number of halogens is 1. The van der Waals surface area contributed by atoms with Crippen LogP contribution in [0.25, 0.3) is 0 Å². The van der Waals surface area contributed by atoms with E-state index >= 15 is 0 Å². The molecule has 18 heavy (non-hydrogen) atoms. The SMILES string of the molecule is CC1(C)COCCN1c1ccc(C(N)=S)c(Cl)c1. The zero-order valence-corrected chi connectivity index (χ0v) is 12.1. The Hall–Kier alpha value is -0.840. The number of hydrogen-bond acceptors (Lipinski definition) is 3. The third-order valence-electron chi connectivity index (χ3n) is 3.18. The first-order chi connectivity index (χ1) is 8.42. The van der Waals surface area contributed by atoms with Crippen molar-refractivity contribution in [3.05, 3.63) is 28.8 Å². The van der Waals surface area contributed by atoms with Crippen LogP contribution in [0.3, 0.4) is 0 Å². The molecule has 1 aromatic rings. The first-order valence-electron chi connectivity index (χ1n) is 5.86. The van der Waals surface area contributed by atoms with Gasteiger partial charge in [-0.1, -0.05) is 23.8 Å². The number of thiocarbonyl (C=S) groups is 1. The number of nitrogens with two attached hydrogens (primary N) is 1. The van der Waals surface area contributed by atoms with Crippen LogP contribution in [0, 0.1) is 0 Å². The van der Waals surface area contributed by atoms with Crippen LogP contribution in [0.2, 0.25) is 5.02 Å². The van der Waals surface area contributed by atoms with Crippen molar-refractivity contribution in [1.29, 1.82) is 0 Å². The van der Waals surface area contributed by atoms with Gasteiger partial charge in [-0.25, -0.2) is 0 Å². The van der Waals surface area contributed by atoms with Gasteiger partial charge < -0.3 is 15.4 Å². The maximum atomic E-state index is 6.21. The van der Waals surface area contributed by atoms with Crippen molar-refractivity contribution in [3.63, 3.8) is 0 Å². The summed E-state index contributed by atoms with van der Waals surface area (Å²) in [5.74, 6) is 0. The van der Waals surface area contributed by atoms with E-state index in [2.05, 4.69) is 18.7 Å². The molecule has 3 nitrogen and oxygen atoms in total. The summed E-state index contributed by atoms with van der Waals surface area (Å²) < 4.78 is 5.51. The fraction of sp³-hybridized carbons (Fsp3) is 0.462. The summed E-state index contributed by atoms with van der Waals surface area (Å²) in [7, 11) is 0. The van der Waals surface area contributed by atoms with E-state index in [0.29, 0.717) is 16.6 Å². The average Bonchev–Trinajstić information content (AvgIpc) is 2.27. The molecule has 0 saturated carbocycles. The number of nitrogens with zero attached hydrogens (tertiary/aromatic N) is 1. The molecule has 2 N–H and O–H groups in total. The topological polar surface area (TPSA) is 38.5 Å². The molecule has 1 saturated heterocycles. The van der Waals surface area contributed by atoms with Gasteiger partial charge in [0.25, 0.3) is 0 Å². The molecule has 1 fully saturated rings. The highest BCUT2D eigenvalue weighted by Crippen LogP contribution is 2.30. The van der Waals surface area contributed by atoms with Gasteiger partial charge in [-0.05, 0) is 32.0 Å². The number of morpholine rings is 1. The fourth-order valence-corrected chi connectivity index (χ4v) is 2.72. The van der Waals surface area contributed by atoms with Crippen molar-refractivity contribution in [2.45, 2.75) is 19.4 Å². The van der Waals surface area contributed by atoms with E-state index < -0.39 is 0 Å². The third kappa shape index (κ3) is 2.60. The molecule has 0 bridgehead atoms. The van der Waals surface area contributed by atoms with Gasteiger partial charge in [0.15, 0.2) is 0 Å². The van der Waals surface area contributed by atoms with Crippen molar-refractivity contribution in [3.8, 4) is 0 Å². The minimum absolute atomic E-state index is 0.0354. The molecule has 1 aliphatic heterocycles. The van der Waals surface area contributed by atoms with E-state index in [-0.39, 0.29) is 5.54 Å². The predicted octanol–water partition coefficient (Wildman–Crippen LogP) is 2.59. The highest BCUT2D eigenvalue weighted by molar-refractivity contribution is 7.80. The lowest BCUT2D eigenvalue weighted by atomic mass is 10.0. The molecule has 5 heteroatoms. The van der Waals surface area contributed by atoms with Gasteiger partial charge in [0.2, 0.25) is 0 Å². The molecular formula is C13H17ClN2OS. The fourth-order valence-electron chi connectivity index (χ4n) is 2.21. The first kappa shape index (κ1) is 13.6. The molecule has 98 valence electrons. The molecule has 0 aromatic heterocycles. The maximum absolute atomic E-state index is 6.21. The van der Waals surface area contributed by atoms with E-state index in [1.807, 2.05) is 18.2 Å². The normalized spacial score (nSPS) is 18.7. The summed E-state index contributed by atoms with van der Waals surface area (Å²) in [6, 6.07) is 5.81. The van der Waals surface area contributed by atoms with E-state index in [4.69, 9.17) is 34.3 Å². The van der Waals surface area contributed by atoms with E-state index in [9.17, 15) is 0 Å². The van der Waals surface area contributed by atoms with Crippen molar-refractivity contribution in [2.24, 2.45) is 5.73 Å². The quantitative estimate of drug-likeness (QED) is 0.847. The molecule has 0 atom stereocenters. The molecule has 0 radical (unpaired) electrons. The van der Waals surface area contributed by atoms with E-state index in [1.165, 1.54) is 0 Å². The average molecular weight is 285 g/mol. The maximum Gasteiger partial charge on any atom is 0.105 e. The molecule has 0 spiro atoms. The Morgan fingerprint density at radius 2 is 2.22 bits per heavy atom. The largest absolute Gasteiger partial charge is 0.389 e. The van der Waals surface area contributed by atoms with Crippen LogP contribution < -0.4 is 10.6 Å². The molecular weight excluding hydrogens is 268 g/mol. The summed E-state index contributed by atoms with van der Waals surface area (Å²) in [4.78, 5) is 2.62. The summed E-state index contributed by atoms with van der Waals surface area (Å²) in [6.07, 6.45) is 0. The second kappa shape index (κ2) is 5.03. The second-order valence-corrected chi connectivity index (χ2v) is 5.89. The monoisotopic (exact) mass is 284 g/mol. The van der Waals surface area contributed by atoms with Gasteiger partial charge in [0.1, 0.15) is 4.99 Å². The van der Waals surface area contributed by atoms with Crippen LogP contribution in [0.15, 0.2) is 18.2 Å². The Balaban J connectivity index is 2.34. The summed E-state index contributed by atoms with van der Waals surface area (Å²) in [5, 5.41) is 0.599. The number of hydrogen-bond donors (Lipinski definition) is 1. The lowest BCUT2D eigenvalue weighted by Gasteiger charge is -2.44. The lowest BCUT2D eigenvalue weighted by Crippen LogP contribution is -2.53. The molecule has 1 aromatic carbocycles. The van der Waals surface area contributed by atoms with Crippen molar-refractivity contribution in [2.75, 3.05) is 24.7 Å². The highest BCUT2D eigenvalue weighted by Gasteiger charge is 2.30. The van der Waals surface area contributed by atoms with Crippen LogP contribution in [-0.2, 0) is 4.74 Å². The molecule has 1 heterocycles. The van der Waals surface area contributed by atoms with E-state index in [0.717, 1.165) is 24.4 Å². The molecule has 0 unspecified atom stereocenters. The zero-order chi connectivity index (χ0) is 13.3. The minimum Gasteiger partial charge on any atom is -0.389 e. The Kier molecular flexibility index (Phi) is 3.80. The predicted molar refractivity (Wildman–Crippen MR) is 79.6 cm³/mol. The van der Waals surface area contributed by atoms with Crippen LogP contribution >= 0.6 is 23.8 Å². The van der Waals surface area contributed by atoms with Gasteiger partial charge >= 0.3 is 0 Å². The minimum atomic E-state index is -0.0354. The zero-order valence-electron chi connectivity index (χ0n) is 10.6. The second-order valence-electron chi connectivity index (χ2n) is 5.05. The van der Waals surface area contributed by atoms with Crippen LogP contribution in [0.4, 0.5) is 5.69 Å². The summed E-state index contributed by atoms with van der Waals surface area (Å²) >= 11 is 11.2. The Morgan fingerprint density at radius 1 is 1.50 bits per heavy atom. The lowest BCUT2D eigenvalue weighted by molar-refractivity contribution is 0.0644. The standard InChI is InChI=1S/C13H17ClN2OS/c1-13(2)8-17-6-5-16(13)9-3-4-10(12(15)18)11(14)7-9/h3-4,7H,5-6,8H2,1-2H3,(H2,15,18). The first-order valence-corrected chi connectivity index (χ1v) is 6.65. The van der Waals surface area contributed by atoms with Crippen molar-refractivity contribution >= 4 is 34.5 Å². The number of benzene rings is 1. The smallest absolute Gasteiger partial charge is 0.105 e. The number of anilines is 1. The van der Waals surface area contributed by atoms with Gasteiger partial charge in [-0.2, -0.15) is 0 Å². The number of rotatable bonds is 2. The molecule has 2 rings (SSSR count). The van der Waals surface area contributed by atoms with Crippen LogP contribution in [0.1, 0.15) is 19.4 Å².